The van der Waals surface area contributed by atoms with Gasteiger partial charge >= 0.3 is 0 Å². The zero-order chi connectivity index (χ0) is 25.4. The molecule has 3 aliphatic rings. The third-order valence-electron chi connectivity index (χ3n) is 7.41. The standard InChI is InChI=1S/C24H29F3N4O5/c25-15-6-13(7-16(26)21(15)27)18-10-31(30-28-18)22-23(33)19(35-20(11-32)24(22)34)9-14-8-17(29-36-14)12-4-2-1-3-5-12/h6-7,10,12,14,19-20,22-24,32-34H,1-5,8-9,11H2/t14?,19-,20-,22-,23+,24+/m1/s1. The number of hydrogen-bond donors (Lipinski definition) is 3. The zero-order valence-corrected chi connectivity index (χ0v) is 19.5. The molecule has 9 nitrogen and oxygen atoms in total. The fraction of sp³-hybridized carbons (Fsp3) is 0.625. The molecular formula is C24H29F3N4O5. The molecule has 2 aliphatic heterocycles. The van der Waals surface area contributed by atoms with Crippen LogP contribution in [0.5, 0.6) is 0 Å². The highest BCUT2D eigenvalue weighted by molar-refractivity contribution is 5.87. The lowest BCUT2D eigenvalue weighted by Gasteiger charge is -2.42. The van der Waals surface area contributed by atoms with Gasteiger partial charge in [0, 0.05) is 24.3 Å². The number of aliphatic hydroxyl groups is 3. The zero-order valence-electron chi connectivity index (χ0n) is 19.5. The summed E-state index contributed by atoms with van der Waals surface area (Å²) in [6.07, 6.45) is 3.20. The molecule has 12 heteroatoms. The molecule has 36 heavy (non-hydrogen) atoms. The minimum atomic E-state index is -1.60. The van der Waals surface area contributed by atoms with Crippen LogP contribution >= 0.6 is 0 Å². The topological polar surface area (TPSA) is 122 Å². The third-order valence-corrected chi connectivity index (χ3v) is 7.41. The van der Waals surface area contributed by atoms with Crippen LogP contribution in [0.3, 0.4) is 0 Å². The van der Waals surface area contributed by atoms with Gasteiger partial charge < -0.3 is 24.9 Å². The summed E-state index contributed by atoms with van der Waals surface area (Å²) in [7, 11) is 0. The van der Waals surface area contributed by atoms with Gasteiger partial charge in [-0.15, -0.1) is 5.10 Å². The van der Waals surface area contributed by atoms with E-state index in [2.05, 4.69) is 15.5 Å². The SMILES string of the molecule is OC[C@H]1O[C@H](CC2CC(C3CCCCC3)=NO2)[C@H](O)[C@@H](n2cc(-c3cc(F)c(F)c(F)c3)nn2)[C@H]1O. The molecule has 0 spiro atoms. The van der Waals surface area contributed by atoms with Crippen molar-refractivity contribution in [1.29, 1.82) is 0 Å². The van der Waals surface area contributed by atoms with Crippen molar-refractivity contribution in [3.05, 3.63) is 35.8 Å². The highest BCUT2D eigenvalue weighted by atomic mass is 19.2. The van der Waals surface area contributed by atoms with Crippen LogP contribution in [0.4, 0.5) is 13.2 Å². The van der Waals surface area contributed by atoms with Gasteiger partial charge in [0.1, 0.15) is 36.2 Å². The van der Waals surface area contributed by atoms with E-state index < -0.39 is 54.5 Å². The fourth-order valence-corrected chi connectivity index (χ4v) is 5.46. The number of nitrogens with zero attached hydrogens (tertiary/aromatic N) is 4. The van der Waals surface area contributed by atoms with Gasteiger partial charge in [-0.05, 0) is 25.0 Å². The molecule has 0 amide bonds. The van der Waals surface area contributed by atoms with Crippen LogP contribution in [0.15, 0.2) is 23.5 Å². The molecule has 1 aromatic carbocycles. The summed E-state index contributed by atoms with van der Waals surface area (Å²) in [5, 5.41) is 43.8. The van der Waals surface area contributed by atoms with E-state index in [1.165, 1.54) is 30.1 Å². The van der Waals surface area contributed by atoms with E-state index in [-0.39, 0.29) is 23.8 Å². The summed E-state index contributed by atoms with van der Waals surface area (Å²) in [6, 6.07) is 0.492. The van der Waals surface area contributed by atoms with Crippen LogP contribution in [0.1, 0.15) is 51.0 Å². The molecule has 0 bridgehead atoms. The molecular weight excluding hydrogens is 481 g/mol. The van der Waals surface area contributed by atoms with E-state index in [9.17, 15) is 28.5 Å². The lowest BCUT2D eigenvalue weighted by Crippen LogP contribution is -2.56. The van der Waals surface area contributed by atoms with Gasteiger partial charge in [0.05, 0.1) is 24.6 Å². The van der Waals surface area contributed by atoms with Crippen LogP contribution in [-0.2, 0) is 9.57 Å². The highest BCUT2D eigenvalue weighted by Crippen LogP contribution is 2.36. The van der Waals surface area contributed by atoms with E-state index in [1.54, 1.807) is 0 Å². The van der Waals surface area contributed by atoms with Crippen molar-refractivity contribution < 1.29 is 38.1 Å². The van der Waals surface area contributed by atoms with Crippen LogP contribution in [-0.4, -0.2) is 73.2 Å². The van der Waals surface area contributed by atoms with E-state index in [0.29, 0.717) is 12.3 Å². The van der Waals surface area contributed by atoms with Gasteiger partial charge in [-0.25, -0.2) is 17.9 Å². The number of aromatic nitrogens is 3. The van der Waals surface area contributed by atoms with Gasteiger partial charge in [-0.1, -0.05) is 29.6 Å². The smallest absolute Gasteiger partial charge is 0.194 e. The Bertz CT molecular complexity index is 1090. The third kappa shape index (κ3) is 4.86. The molecule has 196 valence electrons. The van der Waals surface area contributed by atoms with Gasteiger partial charge in [-0.2, -0.15) is 0 Å². The van der Waals surface area contributed by atoms with Crippen LogP contribution < -0.4 is 0 Å². The van der Waals surface area contributed by atoms with E-state index in [1.807, 2.05) is 0 Å². The van der Waals surface area contributed by atoms with Crippen molar-refractivity contribution in [1.82, 2.24) is 15.0 Å². The fourth-order valence-electron chi connectivity index (χ4n) is 5.46. The molecule has 3 heterocycles. The number of oxime groups is 1. The monoisotopic (exact) mass is 510 g/mol. The molecule has 5 rings (SSSR count). The number of hydrogen-bond acceptors (Lipinski definition) is 8. The molecule has 1 saturated carbocycles. The Morgan fingerprint density at radius 1 is 1.00 bits per heavy atom. The average molecular weight is 511 g/mol. The van der Waals surface area contributed by atoms with Crippen LogP contribution in [0.2, 0.25) is 0 Å². The van der Waals surface area contributed by atoms with E-state index in [4.69, 9.17) is 9.57 Å². The second kappa shape index (κ2) is 10.4. The summed E-state index contributed by atoms with van der Waals surface area (Å²) < 4.78 is 47.7. The summed E-state index contributed by atoms with van der Waals surface area (Å²) in [5.74, 6) is -3.94. The first kappa shape index (κ1) is 25.1. The molecule has 1 aliphatic carbocycles. The number of benzene rings is 1. The Hall–Kier alpha value is -2.54. The van der Waals surface area contributed by atoms with Crippen LogP contribution in [0.25, 0.3) is 11.3 Å². The summed E-state index contributed by atoms with van der Waals surface area (Å²) >= 11 is 0. The number of halogens is 3. The Morgan fingerprint density at radius 2 is 1.69 bits per heavy atom. The molecule has 1 saturated heterocycles. The lowest BCUT2D eigenvalue weighted by molar-refractivity contribution is -0.212. The van der Waals surface area contributed by atoms with Crippen molar-refractivity contribution in [2.24, 2.45) is 11.1 Å². The van der Waals surface area contributed by atoms with Crippen molar-refractivity contribution in [2.75, 3.05) is 6.61 Å². The van der Waals surface area contributed by atoms with Gasteiger partial charge in [0.15, 0.2) is 17.5 Å². The van der Waals surface area contributed by atoms with E-state index in [0.717, 1.165) is 30.7 Å². The first-order chi connectivity index (χ1) is 17.4. The molecule has 0 radical (unpaired) electrons. The first-order valence-corrected chi connectivity index (χ1v) is 12.3. The summed E-state index contributed by atoms with van der Waals surface area (Å²) in [6.45, 7) is -0.508. The molecule has 6 atom stereocenters. The minimum absolute atomic E-state index is 0.0143. The van der Waals surface area contributed by atoms with Crippen molar-refractivity contribution in [2.45, 2.75) is 81.5 Å². The first-order valence-electron chi connectivity index (χ1n) is 12.3. The summed E-state index contributed by atoms with van der Waals surface area (Å²) in [5.41, 5.74) is 0.983. The van der Waals surface area contributed by atoms with Crippen molar-refractivity contribution in [3.63, 3.8) is 0 Å². The maximum Gasteiger partial charge on any atom is 0.194 e. The second-order valence-electron chi connectivity index (χ2n) is 9.79. The Morgan fingerprint density at radius 3 is 2.39 bits per heavy atom. The number of ether oxygens (including phenoxy) is 1. The van der Waals surface area contributed by atoms with Gasteiger partial charge in [-0.3, -0.25) is 0 Å². The van der Waals surface area contributed by atoms with Crippen LogP contribution in [0, 0.1) is 23.4 Å². The quantitative estimate of drug-likeness (QED) is 0.511. The summed E-state index contributed by atoms with van der Waals surface area (Å²) in [4.78, 5) is 5.64. The number of aliphatic hydroxyl groups excluding tert-OH is 3. The average Bonchev–Trinajstić information content (AvgIpc) is 3.55. The normalized spacial score (nSPS) is 31.3. The van der Waals surface area contributed by atoms with E-state index >= 15 is 0 Å². The van der Waals surface area contributed by atoms with Gasteiger partial charge in [0.25, 0.3) is 0 Å². The highest BCUT2D eigenvalue weighted by Gasteiger charge is 2.47. The maximum absolute atomic E-state index is 13.7. The second-order valence-corrected chi connectivity index (χ2v) is 9.79. The van der Waals surface area contributed by atoms with Crippen molar-refractivity contribution in [3.8, 4) is 11.3 Å². The maximum atomic E-state index is 13.7. The molecule has 3 N–H and O–H groups in total. The largest absolute Gasteiger partial charge is 0.394 e. The Labute approximate surface area is 205 Å². The Balaban J connectivity index is 1.31. The Kier molecular flexibility index (Phi) is 7.29. The minimum Gasteiger partial charge on any atom is -0.394 e. The molecule has 1 unspecified atom stereocenters. The predicted octanol–water partition coefficient (Wildman–Crippen LogP) is 2.50. The predicted molar refractivity (Wildman–Crippen MR) is 120 cm³/mol. The van der Waals surface area contributed by atoms with Gasteiger partial charge in [0.2, 0.25) is 0 Å². The molecule has 2 aromatic rings. The molecule has 1 aromatic heterocycles. The van der Waals surface area contributed by atoms with Crippen molar-refractivity contribution >= 4 is 5.71 Å². The lowest BCUT2D eigenvalue weighted by atomic mass is 9.83. The number of rotatable bonds is 6. The molecule has 2 fully saturated rings.